The van der Waals surface area contributed by atoms with E-state index in [1.807, 2.05) is 43.3 Å². The fourth-order valence-corrected chi connectivity index (χ4v) is 6.62. The summed E-state index contributed by atoms with van der Waals surface area (Å²) in [7, 11) is 3.13. The molecule has 9 nitrogen and oxygen atoms in total. The third kappa shape index (κ3) is 6.18. The van der Waals surface area contributed by atoms with Crippen molar-refractivity contribution >= 4 is 11.7 Å². The molecular formula is C36H39N3O6. The van der Waals surface area contributed by atoms with Gasteiger partial charge in [-0.15, -0.1) is 0 Å². The Morgan fingerprint density at radius 1 is 0.956 bits per heavy atom. The highest BCUT2D eigenvalue weighted by Crippen LogP contribution is 2.33. The summed E-state index contributed by atoms with van der Waals surface area (Å²) in [6.45, 7) is 6.29. The number of aromatic carboxylic acids is 1. The van der Waals surface area contributed by atoms with Gasteiger partial charge in [0.25, 0.3) is 5.56 Å². The number of aryl methyl sites for hydroxylation is 1. The summed E-state index contributed by atoms with van der Waals surface area (Å²) in [4.78, 5) is 31.1. The molecule has 1 N–H and O–H groups in total. The average Bonchev–Trinajstić information content (AvgIpc) is 3.51. The number of nitrogens with zero attached hydrogens (tertiary/aromatic N) is 3. The van der Waals surface area contributed by atoms with Crippen LogP contribution in [0.1, 0.15) is 34.0 Å². The van der Waals surface area contributed by atoms with Crippen molar-refractivity contribution in [3.05, 3.63) is 112 Å². The molecular weight excluding hydrogens is 570 g/mol. The summed E-state index contributed by atoms with van der Waals surface area (Å²) in [6.07, 6.45) is 2.46. The van der Waals surface area contributed by atoms with Crippen molar-refractivity contribution < 1.29 is 24.1 Å². The number of anilines is 1. The number of pyridine rings is 1. The van der Waals surface area contributed by atoms with Crippen molar-refractivity contribution in [2.75, 3.05) is 45.4 Å². The Hall–Kier alpha value is -4.60. The predicted molar refractivity (Wildman–Crippen MR) is 174 cm³/mol. The number of carbonyl (C=O) groups is 1. The molecule has 6 rings (SSSR count). The summed E-state index contributed by atoms with van der Waals surface area (Å²) in [6, 6.07) is 24.1. The van der Waals surface area contributed by atoms with Gasteiger partial charge in [-0.3, -0.25) is 9.69 Å². The lowest BCUT2D eigenvalue weighted by Crippen LogP contribution is -2.50. The van der Waals surface area contributed by atoms with Crippen LogP contribution in [0.5, 0.6) is 11.5 Å². The van der Waals surface area contributed by atoms with Gasteiger partial charge in [0.2, 0.25) is 0 Å². The lowest BCUT2D eigenvalue weighted by molar-refractivity contribution is -0.0499. The molecule has 2 aliphatic rings. The fourth-order valence-electron chi connectivity index (χ4n) is 6.62. The third-order valence-electron chi connectivity index (χ3n) is 8.95. The number of ether oxygens (including phenoxy) is 3. The summed E-state index contributed by atoms with van der Waals surface area (Å²) in [5.74, 6) is -0.0535. The number of hydrogen-bond donors (Lipinski definition) is 1. The highest BCUT2D eigenvalue weighted by molar-refractivity contribution is 5.96. The minimum absolute atomic E-state index is 0.129. The maximum Gasteiger partial charge on any atom is 0.341 e. The number of morpholine rings is 1. The van der Waals surface area contributed by atoms with E-state index < -0.39 is 11.5 Å². The largest absolute Gasteiger partial charge is 0.497 e. The minimum Gasteiger partial charge on any atom is -0.497 e. The van der Waals surface area contributed by atoms with Crippen LogP contribution in [0.4, 0.5) is 5.69 Å². The van der Waals surface area contributed by atoms with Crippen LogP contribution < -0.4 is 19.9 Å². The quantitative estimate of drug-likeness (QED) is 0.271. The molecule has 3 aromatic carbocycles. The van der Waals surface area contributed by atoms with Crippen LogP contribution in [0.2, 0.25) is 0 Å². The highest BCUT2D eigenvalue weighted by Gasteiger charge is 2.40. The maximum atomic E-state index is 13.7. The van der Waals surface area contributed by atoms with Crippen molar-refractivity contribution in [3.63, 3.8) is 0 Å². The van der Waals surface area contributed by atoms with E-state index in [0.29, 0.717) is 35.1 Å². The van der Waals surface area contributed by atoms with E-state index in [0.717, 1.165) is 49.6 Å². The zero-order valence-electron chi connectivity index (χ0n) is 25.9. The molecule has 4 aromatic rings. The summed E-state index contributed by atoms with van der Waals surface area (Å²) in [5.41, 5.74) is 4.25. The van der Waals surface area contributed by atoms with Crippen molar-refractivity contribution in [2.24, 2.45) is 0 Å². The van der Waals surface area contributed by atoms with Crippen LogP contribution >= 0.6 is 0 Å². The second-order valence-corrected chi connectivity index (χ2v) is 11.6. The fraction of sp³-hybridized carbons (Fsp3) is 0.333. The molecule has 234 valence electrons. The van der Waals surface area contributed by atoms with Gasteiger partial charge in [0.05, 0.1) is 39.5 Å². The van der Waals surface area contributed by atoms with Crippen LogP contribution in [0.15, 0.2) is 83.8 Å². The van der Waals surface area contributed by atoms with Crippen molar-refractivity contribution in [1.82, 2.24) is 9.47 Å². The number of hydrogen-bond acceptors (Lipinski definition) is 7. The number of rotatable bonds is 10. The second kappa shape index (κ2) is 13.2. The average molecular weight is 610 g/mol. The van der Waals surface area contributed by atoms with Gasteiger partial charge in [0.1, 0.15) is 17.1 Å². The van der Waals surface area contributed by atoms with Crippen LogP contribution in [-0.2, 0) is 24.2 Å². The van der Waals surface area contributed by atoms with Gasteiger partial charge in [0.15, 0.2) is 0 Å². The molecule has 0 radical (unpaired) electrons. The van der Waals surface area contributed by atoms with E-state index in [9.17, 15) is 14.7 Å². The van der Waals surface area contributed by atoms with Gasteiger partial charge in [-0.2, -0.15) is 0 Å². The topological polar surface area (TPSA) is 93.5 Å². The van der Waals surface area contributed by atoms with Gasteiger partial charge in [-0.05, 0) is 47.4 Å². The molecule has 45 heavy (non-hydrogen) atoms. The van der Waals surface area contributed by atoms with E-state index in [4.69, 9.17) is 14.2 Å². The van der Waals surface area contributed by atoms with E-state index in [1.165, 1.54) is 10.1 Å². The third-order valence-corrected chi connectivity index (χ3v) is 8.95. The normalized spacial score (nSPS) is 18.1. The minimum atomic E-state index is -1.25. The standard InChI is InChI=1S/C36H39N3O6/c1-4-25-20-39(21-27-12-15-29(43-2)18-31(27)44-3)35(40)34(36(41)42)33(25)26-10-13-28(14-11-26)38-22-30-32(23-38)45-17-16-37(30)19-24-8-6-5-7-9-24/h5-15,18,20,30,32H,4,16-17,19,21-23H2,1-3H3,(H,41,42). The van der Waals surface area contributed by atoms with E-state index >= 15 is 0 Å². The van der Waals surface area contributed by atoms with E-state index in [-0.39, 0.29) is 18.2 Å². The molecule has 9 heteroatoms. The monoisotopic (exact) mass is 609 g/mol. The van der Waals surface area contributed by atoms with Crippen LogP contribution in [0.25, 0.3) is 11.1 Å². The summed E-state index contributed by atoms with van der Waals surface area (Å²) < 4.78 is 18.4. The van der Waals surface area contributed by atoms with E-state index in [2.05, 4.69) is 34.1 Å². The van der Waals surface area contributed by atoms with Gasteiger partial charge in [-0.1, -0.05) is 49.4 Å². The number of benzene rings is 3. The Labute approximate surface area is 263 Å². The second-order valence-electron chi connectivity index (χ2n) is 11.6. The molecule has 2 aliphatic heterocycles. The number of aromatic nitrogens is 1. The SMILES string of the molecule is CCc1cn(Cc2ccc(OC)cc2OC)c(=O)c(C(=O)O)c1-c1ccc(N2CC3OCCN(Cc4ccccc4)C3C2)cc1. The van der Waals surface area contributed by atoms with Gasteiger partial charge in [-0.25, -0.2) is 4.79 Å². The first-order valence-corrected chi connectivity index (χ1v) is 15.4. The Balaban J connectivity index is 1.27. The lowest BCUT2D eigenvalue weighted by Gasteiger charge is -2.36. The van der Waals surface area contributed by atoms with Crippen LogP contribution in [-0.4, -0.2) is 73.1 Å². The van der Waals surface area contributed by atoms with Crippen molar-refractivity contribution in [1.29, 1.82) is 0 Å². The van der Waals surface area contributed by atoms with Crippen LogP contribution in [0, 0.1) is 0 Å². The molecule has 1 aromatic heterocycles. The first kappa shape index (κ1) is 30.4. The molecule has 0 spiro atoms. The van der Waals surface area contributed by atoms with Crippen molar-refractivity contribution in [2.45, 2.75) is 38.6 Å². The number of carboxylic acids is 1. The Kier molecular flexibility index (Phi) is 8.91. The molecule has 0 amide bonds. The molecule has 0 bridgehead atoms. The van der Waals surface area contributed by atoms with Gasteiger partial charge >= 0.3 is 5.97 Å². The molecule has 0 saturated carbocycles. The predicted octanol–water partition coefficient (Wildman–Crippen LogP) is 4.93. The van der Waals surface area contributed by atoms with Crippen LogP contribution in [0.3, 0.4) is 0 Å². The Morgan fingerprint density at radius 2 is 1.73 bits per heavy atom. The Bertz CT molecular complexity index is 1720. The summed E-state index contributed by atoms with van der Waals surface area (Å²) >= 11 is 0. The molecule has 0 aliphatic carbocycles. The lowest BCUT2D eigenvalue weighted by atomic mass is 9.94. The highest BCUT2D eigenvalue weighted by atomic mass is 16.5. The Morgan fingerprint density at radius 3 is 2.42 bits per heavy atom. The van der Waals surface area contributed by atoms with Gasteiger partial charge in [0, 0.05) is 55.3 Å². The molecule has 2 unspecified atom stereocenters. The smallest absolute Gasteiger partial charge is 0.341 e. The van der Waals surface area contributed by atoms with Gasteiger partial charge < -0.3 is 28.8 Å². The van der Waals surface area contributed by atoms with Crippen molar-refractivity contribution in [3.8, 4) is 22.6 Å². The first-order chi connectivity index (χ1) is 21.9. The molecule has 2 fully saturated rings. The molecule has 3 heterocycles. The molecule has 2 saturated heterocycles. The molecule has 2 atom stereocenters. The number of carboxylic acid groups (broad SMARTS) is 1. The summed E-state index contributed by atoms with van der Waals surface area (Å²) in [5, 5.41) is 10.3. The zero-order valence-corrected chi connectivity index (χ0v) is 25.9. The zero-order chi connectivity index (χ0) is 31.5. The van der Waals surface area contributed by atoms with E-state index in [1.54, 1.807) is 32.5 Å². The number of methoxy groups -OCH3 is 2. The maximum absolute atomic E-state index is 13.7. The first-order valence-electron chi connectivity index (χ1n) is 15.4. The number of fused-ring (bicyclic) bond motifs is 1.